The van der Waals surface area contributed by atoms with Gasteiger partial charge >= 0.3 is 5.97 Å². The lowest BCUT2D eigenvalue weighted by atomic mass is 9.98. The standard InChI is InChI=1S/C24H17ClF2N2O3/c1-29(23(30)22-9-14-2-5-17(27)11-21(14)28-22)12-15-3-6-16(26)10-19(15)13-4-7-18(24(31)32)20(25)8-13/h2-11,28H,12H2,1H3,(H,31,32). The van der Waals surface area contributed by atoms with E-state index in [2.05, 4.69) is 4.98 Å². The van der Waals surface area contributed by atoms with Gasteiger partial charge in [-0.1, -0.05) is 23.7 Å². The first-order valence-electron chi connectivity index (χ1n) is 9.58. The minimum atomic E-state index is -1.16. The van der Waals surface area contributed by atoms with E-state index in [1.165, 1.54) is 41.3 Å². The van der Waals surface area contributed by atoms with E-state index in [0.717, 1.165) is 0 Å². The number of nitrogens with zero attached hydrogens (tertiary/aromatic N) is 1. The second-order valence-corrected chi connectivity index (χ2v) is 7.78. The maximum atomic E-state index is 14.0. The predicted octanol–water partition coefficient (Wildman–Crippen LogP) is 5.74. The van der Waals surface area contributed by atoms with Crippen molar-refractivity contribution in [3.05, 3.63) is 94.1 Å². The highest BCUT2D eigenvalue weighted by Gasteiger charge is 2.18. The monoisotopic (exact) mass is 454 g/mol. The molecule has 4 aromatic rings. The fraction of sp³-hybridized carbons (Fsp3) is 0.0833. The van der Waals surface area contributed by atoms with E-state index in [0.29, 0.717) is 33.3 Å². The summed E-state index contributed by atoms with van der Waals surface area (Å²) in [6, 6.07) is 14.4. The van der Waals surface area contributed by atoms with Gasteiger partial charge in [0.1, 0.15) is 17.3 Å². The topological polar surface area (TPSA) is 73.4 Å². The SMILES string of the molecule is CN(Cc1ccc(F)cc1-c1ccc(C(=O)O)c(Cl)c1)C(=O)c1cc2ccc(F)cc2[nH]1. The number of aromatic carboxylic acids is 1. The van der Waals surface area contributed by atoms with Crippen LogP contribution < -0.4 is 0 Å². The third-order valence-corrected chi connectivity index (χ3v) is 5.46. The highest BCUT2D eigenvalue weighted by molar-refractivity contribution is 6.33. The number of halogens is 3. The molecule has 1 heterocycles. The van der Waals surface area contributed by atoms with Crippen molar-refractivity contribution in [1.29, 1.82) is 0 Å². The van der Waals surface area contributed by atoms with Crippen molar-refractivity contribution in [3.8, 4) is 11.1 Å². The molecular formula is C24H17ClF2N2O3. The second kappa shape index (κ2) is 8.43. The number of aromatic amines is 1. The number of nitrogens with one attached hydrogen (secondary N) is 1. The van der Waals surface area contributed by atoms with E-state index in [9.17, 15) is 18.4 Å². The number of carboxylic acid groups (broad SMARTS) is 1. The van der Waals surface area contributed by atoms with Crippen molar-refractivity contribution >= 4 is 34.4 Å². The van der Waals surface area contributed by atoms with Crippen molar-refractivity contribution < 1.29 is 23.5 Å². The summed E-state index contributed by atoms with van der Waals surface area (Å²) in [5.41, 5.74) is 2.40. The summed E-state index contributed by atoms with van der Waals surface area (Å²) >= 11 is 6.08. The summed E-state index contributed by atoms with van der Waals surface area (Å²) in [5, 5.41) is 9.90. The van der Waals surface area contributed by atoms with Crippen molar-refractivity contribution in [1.82, 2.24) is 9.88 Å². The molecule has 0 saturated heterocycles. The van der Waals surface area contributed by atoms with Crippen LogP contribution in [0.4, 0.5) is 8.78 Å². The second-order valence-electron chi connectivity index (χ2n) is 7.38. The molecule has 0 bridgehead atoms. The van der Waals surface area contributed by atoms with E-state index in [1.54, 1.807) is 31.3 Å². The van der Waals surface area contributed by atoms with Gasteiger partial charge in [0.15, 0.2) is 0 Å². The normalized spacial score (nSPS) is 11.0. The molecule has 2 N–H and O–H groups in total. The third-order valence-electron chi connectivity index (χ3n) is 5.15. The quantitative estimate of drug-likeness (QED) is 0.404. The number of carbonyl (C=O) groups excluding carboxylic acids is 1. The Hall–Kier alpha value is -3.71. The molecule has 0 radical (unpaired) electrons. The number of hydrogen-bond donors (Lipinski definition) is 2. The van der Waals surface area contributed by atoms with Gasteiger partial charge in [-0.25, -0.2) is 13.6 Å². The molecule has 0 aliphatic heterocycles. The summed E-state index contributed by atoms with van der Waals surface area (Å²) in [5.74, 6) is -2.37. The number of rotatable bonds is 5. The first-order valence-corrected chi connectivity index (χ1v) is 9.96. The molecule has 8 heteroatoms. The Bertz CT molecular complexity index is 1370. The summed E-state index contributed by atoms with van der Waals surface area (Å²) in [6.45, 7) is 0.149. The largest absolute Gasteiger partial charge is 0.478 e. The summed E-state index contributed by atoms with van der Waals surface area (Å²) < 4.78 is 27.5. The summed E-state index contributed by atoms with van der Waals surface area (Å²) in [4.78, 5) is 28.5. The first-order chi connectivity index (χ1) is 15.2. The van der Waals surface area contributed by atoms with Gasteiger partial charge in [0.05, 0.1) is 10.6 Å². The Morgan fingerprint density at radius 1 is 1.00 bits per heavy atom. The molecular weight excluding hydrogens is 438 g/mol. The molecule has 0 unspecified atom stereocenters. The molecule has 32 heavy (non-hydrogen) atoms. The van der Waals surface area contributed by atoms with Gasteiger partial charge in [0.25, 0.3) is 5.91 Å². The van der Waals surface area contributed by atoms with Crippen LogP contribution in [0.1, 0.15) is 26.4 Å². The fourth-order valence-electron chi connectivity index (χ4n) is 3.56. The van der Waals surface area contributed by atoms with Crippen molar-refractivity contribution in [3.63, 3.8) is 0 Å². The lowest BCUT2D eigenvalue weighted by molar-refractivity contribution is 0.0696. The number of carbonyl (C=O) groups is 2. The van der Waals surface area contributed by atoms with Gasteiger partial charge in [-0.3, -0.25) is 4.79 Å². The molecule has 0 atom stereocenters. The minimum Gasteiger partial charge on any atom is -0.478 e. The Kier molecular flexibility index (Phi) is 5.67. The number of aromatic nitrogens is 1. The van der Waals surface area contributed by atoms with Crippen LogP contribution in [-0.2, 0) is 6.54 Å². The zero-order valence-corrected chi connectivity index (χ0v) is 17.6. The average Bonchev–Trinajstić information content (AvgIpc) is 3.17. The molecule has 5 nitrogen and oxygen atoms in total. The molecule has 0 spiro atoms. The van der Waals surface area contributed by atoms with E-state index in [-0.39, 0.29) is 23.0 Å². The van der Waals surface area contributed by atoms with Crippen LogP contribution in [0.25, 0.3) is 22.0 Å². The molecule has 4 rings (SSSR count). The van der Waals surface area contributed by atoms with Gasteiger partial charge < -0.3 is 15.0 Å². The number of hydrogen-bond acceptors (Lipinski definition) is 2. The van der Waals surface area contributed by atoms with Gasteiger partial charge in [-0.2, -0.15) is 0 Å². The predicted molar refractivity (Wildman–Crippen MR) is 118 cm³/mol. The highest BCUT2D eigenvalue weighted by Crippen LogP contribution is 2.30. The number of amides is 1. The molecule has 0 aliphatic rings. The van der Waals surface area contributed by atoms with Gasteiger partial charge in [-0.05, 0) is 65.2 Å². The Morgan fingerprint density at radius 3 is 2.44 bits per heavy atom. The first kappa shape index (κ1) is 21.5. The molecule has 1 aromatic heterocycles. The fourth-order valence-corrected chi connectivity index (χ4v) is 3.82. The van der Waals surface area contributed by atoms with E-state index in [1.807, 2.05) is 0 Å². The number of fused-ring (bicyclic) bond motifs is 1. The molecule has 162 valence electrons. The maximum absolute atomic E-state index is 14.0. The lowest BCUT2D eigenvalue weighted by Crippen LogP contribution is -2.26. The van der Waals surface area contributed by atoms with Crippen LogP contribution in [0.3, 0.4) is 0 Å². The smallest absolute Gasteiger partial charge is 0.337 e. The van der Waals surface area contributed by atoms with Crippen LogP contribution in [0.2, 0.25) is 5.02 Å². The van der Waals surface area contributed by atoms with E-state index >= 15 is 0 Å². The molecule has 0 aliphatic carbocycles. The van der Waals surface area contributed by atoms with E-state index in [4.69, 9.17) is 16.7 Å². The van der Waals surface area contributed by atoms with Crippen LogP contribution in [0.15, 0.2) is 60.7 Å². The number of carboxylic acids is 1. The van der Waals surface area contributed by atoms with Gasteiger partial charge in [-0.15, -0.1) is 0 Å². The molecule has 1 amide bonds. The summed E-state index contributed by atoms with van der Waals surface area (Å²) in [6.07, 6.45) is 0. The minimum absolute atomic E-state index is 0.0277. The molecule has 0 fully saturated rings. The zero-order chi connectivity index (χ0) is 23.0. The Morgan fingerprint density at radius 2 is 1.72 bits per heavy atom. The van der Waals surface area contributed by atoms with Crippen LogP contribution in [-0.4, -0.2) is 33.9 Å². The van der Waals surface area contributed by atoms with Crippen molar-refractivity contribution in [2.75, 3.05) is 7.05 Å². The number of H-pyrrole nitrogens is 1. The maximum Gasteiger partial charge on any atom is 0.337 e. The highest BCUT2D eigenvalue weighted by atomic mass is 35.5. The molecule has 3 aromatic carbocycles. The third kappa shape index (κ3) is 4.20. The number of benzene rings is 3. The van der Waals surface area contributed by atoms with Crippen molar-refractivity contribution in [2.45, 2.75) is 6.54 Å². The van der Waals surface area contributed by atoms with Gasteiger partial charge in [0, 0.05) is 24.5 Å². The van der Waals surface area contributed by atoms with Crippen LogP contribution in [0, 0.1) is 11.6 Å². The lowest BCUT2D eigenvalue weighted by Gasteiger charge is -2.19. The van der Waals surface area contributed by atoms with Crippen LogP contribution in [0.5, 0.6) is 0 Å². The molecule has 0 saturated carbocycles. The summed E-state index contributed by atoms with van der Waals surface area (Å²) in [7, 11) is 1.60. The Labute approximate surface area is 186 Å². The van der Waals surface area contributed by atoms with E-state index < -0.39 is 17.6 Å². The van der Waals surface area contributed by atoms with Crippen molar-refractivity contribution in [2.24, 2.45) is 0 Å². The average molecular weight is 455 g/mol. The van der Waals surface area contributed by atoms with Crippen LogP contribution >= 0.6 is 11.6 Å². The van der Waals surface area contributed by atoms with Gasteiger partial charge in [0.2, 0.25) is 0 Å². The zero-order valence-electron chi connectivity index (χ0n) is 16.8. The Balaban J connectivity index is 1.64.